The third-order valence-electron chi connectivity index (χ3n) is 3.57. The molecule has 1 N–H and O–H groups in total. The molecule has 2 aromatic carbocycles. The third kappa shape index (κ3) is 4.48. The lowest BCUT2D eigenvalue weighted by atomic mass is 10.1. The molecule has 0 spiro atoms. The summed E-state index contributed by atoms with van der Waals surface area (Å²) in [6, 6.07) is 10.1. The topological polar surface area (TPSA) is 64.6 Å². The fourth-order valence-electron chi connectivity index (χ4n) is 2.23. The smallest absolute Gasteiger partial charge is 0.212 e. The number of rotatable bonds is 6. The average molecular weight is 404 g/mol. The van der Waals surface area contributed by atoms with Crippen LogP contribution in [0.1, 0.15) is 15.9 Å². The van der Waals surface area contributed by atoms with Crippen LogP contribution in [0.25, 0.3) is 6.08 Å². The lowest BCUT2D eigenvalue weighted by molar-refractivity contribution is 0.104. The van der Waals surface area contributed by atoms with E-state index >= 15 is 0 Å². The highest BCUT2D eigenvalue weighted by atomic mass is 79.9. The molecule has 0 saturated carbocycles. The van der Waals surface area contributed by atoms with E-state index in [0.29, 0.717) is 27.2 Å². The number of allylic oxidation sites excluding steroid dienone is 1. The van der Waals surface area contributed by atoms with E-state index in [9.17, 15) is 9.59 Å². The van der Waals surface area contributed by atoms with Crippen LogP contribution < -0.4 is 20.2 Å². The molecule has 0 heterocycles. The largest absolute Gasteiger partial charge is 0.497 e. The summed E-state index contributed by atoms with van der Waals surface area (Å²) in [5, 5.41) is 2.80. The van der Waals surface area contributed by atoms with Gasteiger partial charge in [0, 0.05) is 23.2 Å². The van der Waals surface area contributed by atoms with Crippen molar-refractivity contribution in [1.29, 1.82) is 0 Å². The van der Waals surface area contributed by atoms with Crippen LogP contribution in [0.2, 0.25) is 0 Å². The van der Waals surface area contributed by atoms with Gasteiger partial charge >= 0.3 is 0 Å². The first-order valence-corrected chi connectivity index (χ1v) is 8.25. The number of ether oxygens (including phenoxy) is 2. The monoisotopic (exact) mass is 403 g/mol. The zero-order valence-corrected chi connectivity index (χ0v) is 15.7. The highest BCUT2D eigenvalue weighted by Gasteiger charge is 2.11. The quantitative estimate of drug-likeness (QED) is 0.587. The summed E-state index contributed by atoms with van der Waals surface area (Å²) in [5.74, 6) is 0.831. The van der Waals surface area contributed by atoms with Crippen molar-refractivity contribution < 1.29 is 14.3 Å². The second-order valence-electron chi connectivity index (χ2n) is 5.07. The Morgan fingerprint density at radius 3 is 2.52 bits per heavy atom. The Kier molecular flexibility index (Phi) is 6.36. The standard InChI is InChI=1S/C19H18BrNO4/c1-21-16-8-6-13(20)10-15(19(16)23)17(22)9-5-12-4-7-14(24-2)11-18(12)25-3/h4-11H,1-3H3,(H,21,23)/b9-5-. The summed E-state index contributed by atoms with van der Waals surface area (Å²) in [7, 11) is 4.74. The molecular weight excluding hydrogens is 386 g/mol. The van der Waals surface area contributed by atoms with E-state index in [0.717, 1.165) is 0 Å². The van der Waals surface area contributed by atoms with Gasteiger partial charge in [-0.1, -0.05) is 15.9 Å². The molecule has 2 aromatic rings. The van der Waals surface area contributed by atoms with Crippen molar-refractivity contribution in [2.75, 3.05) is 26.6 Å². The molecule has 5 nitrogen and oxygen atoms in total. The molecule has 0 atom stereocenters. The number of hydrogen-bond acceptors (Lipinski definition) is 5. The number of hydrogen-bond donors (Lipinski definition) is 1. The van der Waals surface area contributed by atoms with Crippen molar-refractivity contribution in [2.45, 2.75) is 0 Å². The predicted molar refractivity (Wildman–Crippen MR) is 103 cm³/mol. The summed E-state index contributed by atoms with van der Waals surface area (Å²) in [6.45, 7) is 0. The van der Waals surface area contributed by atoms with Gasteiger partial charge in [-0.15, -0.1) is 0 Å². The number of methoxy groups -OCH3 is 2. The molecule has 0 aliphatic rings. The Hall–Kier alpha value is -2.60. The minimum absolute atomic E-state index is 0.0740. The van der Waals surface area contributed by atoms with Gasteiger partial charge in [0.05, 0.1) is 25.5 Å². The maximum absolute atomic E-state index is 12.5. The minimum atomic E-state index is -0.392. The summed E-state index contributed by atoms with van der Waals surface area (Å²) < 4.78 is 11.1. The molecule has 0 saturated heterocycles. The molecule has 0 radical (unpaired) electrons. The molecule has 2 rings (SSSR count). The van der Waals surface area contributed by atoms with E-state index < -0.39 is 5.78 Å². The number of benzene rings is 1. The van der Waals surface area contributed by atoms with Crippen molar-refractivity contribution in [3.05, 3.63) is 68.3 Å². The Morgan fingerprint density at radius 2 is 1.88 bits per heavy atom. The van der Waals surface area contributed by atoms with E-state index in [1.807, 2.05) is 0 Å². The molecular formula is C19H18BrNO4. The number of ketones is 1. The van der Waals surface area contributed by atoms with Crippen LogP contribution >= 0.6 is 15.9 Å². The first-order valence-electron chi connectivity index (χ1n) is 7.46. The van der Waals surface area contributed by atoms with Crippen LogP contribution in [0.5, 0.6) is 11.5 Å². The summed E-state index contributed by atoms with van der Waals surface area (Å²) in [4.78, 5) is 25.0. The second-order valence-corrected chi connectivity index (χ2v) is 5.99. The molecule has 6 heteroatoms. The second kappa shape index (κ2) is 8.48. The van der Waals surface area contributed by atoms with Gasteiger partial charge in [0.15, 0.2) is 5.78 Å². The zero-order chi connectivity index (χ0) is 18.4. The number of carbonyl (C=O) groups excluding carboxylic acids is 1. The molecule has 0 aromatic heterocycles. The predicted octanol–water partition coefficient (Wildman–Crippen LogP) is 3.76. The Labute approximate surface area is 154 Å². The van der Waals surface area contributed by atoms with Gasteiger partial charge in [0.2, 0.25) is 5.43 Å². The van der Waals surface area contributed by atoms with E-state index in [1.165, 1.54) is 19.3 Å². The van der Waals surface area contributed by atoms with Crippen LogP contribution in [0.15, 0.2) is 51.7 Å². The van der Waals surface area contributed by atoms with E-state index in [1.54, 1.807) is 50.6 Å². The number of halogens is 1. The van der Waals surface area contributed by atoms with E-state index in [-0.39, 0.29) is 11.0 Å². The van der Waals surface area contributed by atoms with Gasteiger partial charge < -0.3 is 14.8 Å². The Morgan fingerprint density at radius 1 is 1.12 bits per heavy atom. The van der Waals surface area contributed by atoms with Crippen molar-refractivity contribution in [2.24, 2.45) is 0 Å². The van der Waals surface area contributed by atoms with Crippen molar-refractivity contribution in [3.8, 4) is 11.5 Å². The molecule has 25 heavy (non-hydrogen) atoms. The molecule has 0 aliphatic carbocycles. The first kappa shape index (κ1) is 18.7. The molecule has 0 fully saturated rings. The maximum atomic E-state index is 12.5. The summed E-state index contributed by atoms with van der Waals surface area (Å²) in [6.07, 6.45) is 2.97. The Balaban J connectivity index is 2.41. The maximum Gasteiger partial charge on any atom is 0.212 e. The van der Waals surface area contributed by atoms with Crippen LogP contribution in [-0.2, 0) is 0 Å². The number of carbonyl (C=O) groups is 1. The van der Waals surface area contributed by atoms with E-state index in [4.69, 9.17) is 9.47 Å². The third-order valence-corrected chi connectivity index (χ3v) is 4.06. The lowest BCUT2D eigenvalue weighted by Gasteiger charge is -2.07. The summed E-state index contributed by atoms with van der Waals surface area (Å²) >= 11 is 3.32. The van der Waals surface area contributed by atoms with Gasteiger partial charge in [-0.3, -0.25) is 9.59 Å². The van der Waals surface area contributed by atoms with Crippen molar-refractivity contribution in [3.63, 3.8) is 0 Å². The summed E-state index contributed by atoms with van der Waals surface area (Å²) in [5.41, 5.74) is 0.774. The fourth-order valence-corrected chi connectivity index (χ4v) is 2.59. The fraction of sp³-hybridized carbons (Fsp3) is 0.158. The number of anilines is 1. The minimum Gasteiger partial charge on any atom is -0.497 e. The SMILES string of the molecule is CNc1ccc(Br)cc(C(=O)/C=C\c2ccc(OC)cc2OC)c1=O. The van der Waals surface area contributed by atoms with Gasteiger partial charge in [0.25, 0.3) is 0 Å². The van der Waals surface area contributed by atoms with Gasteiger partial charge in [-0.25, -0.2) is 0 Å². The van der Waals surface area contributed by atoms with Crippen molar-refractivity contribution >= 4 is 33.5 Å². The van der Waals surface area contributed by atoms with Gasteiger partial charge in [-0.2, -0.15) is 0 Å². The van der Waals surface area contributed by atoms with Gasteiger partial charge in [0.1, 0.15) is 11.5 Å². The molecule has 0 aliphatic heterocycles. The van der Waals surface area contributed by atoms with E-state index in [2.05, 4.69) is 21.2 Å². The van der Waals surface area contributed by atoms with Crippen LogP contribution in [0, 0.1) is 0 Å². The molecule has 130 valence electrons. The zero-order valence-electron chi connectivity index (χ0n) is 14.1. The first-order chi connectivity index (χ1) is 12.0. The molecule has 0 amide bonds. The number of nitrogens with one attached hydrogen (secondary N) is 1. The normalized spacial score (nSPS) is 10.6. The van der Waals surface area contributed by atoms with Crippen LogP contribution in [0.4, 0.5) is 5.69 Å². The highest BCUT2D eigenvalue weighted by Crippen LogP contribution is 2.25. The highest BCUT2D eigenvalue weighted by molar-refractivity contribution is 9.10. The average Bonchev–Trinajstić information content (AvgIpc) is 2.77. The molecule has 0 bridgehead atoms. The van der Waals surface area contributed by atoms with Crippen molar-refractivity contribution in [1.82, 2.24) is 0 Å². The van der Waals surface area contributed by atoms with Crippen LogP contribution in [0.3, 0.4) is 0 Å². The Bertz CT molecular complexity index is 878. The van der Waals surface area contributed by atoms with Gasteiger partial charge in [-0.05, 0) is 42.5 Å². The van der Waals surface area contributed by atoms with Crippen LogP contribution in [-0.4, -0.2) is 27.1 Å². The molecule has 0 unspecified atom stereocenters. The lowest BCUT2D eigenvalue weighted by Crippen LogP contribution is -2.14.